The van der Waals surface area contributed by atoms with E-state index in [-0.39, 0.29) is 62.7 Å². The Kier molecular flexibility index (Phi) is 6.58. The minimum Gasteiger partial charge on any atom is -0.545 e. The van der Waals surface area contributed by atoms with Crippen LogP contribution in [0.5, 0.6) is 5.75 Å². The number of hydrogen-bond donors (Lipinski definition) is 0. The fraction of sp³-hybridized carbons (Fsp3) is 0.0667. The Labute approximate surface area is 159 Å². The summed E-state index contributed by atoms with van der Waals surface area (Å²) in [5.74, 6) is -2.01. The minimum atomic E-state index is -1.38. The number of carboxylic acids is 1. The number of para-hydroxylation sites is 1. The number of ether oxygens (including phenoxy) is 1. The van der Waals surface area contributed by atoms with Crippen molar-refractivity contribution in [1.82, 2.24) is 0 Å². The first kappa shape index (κ1) is 17.1. The third-order valence-corrected chi connectivity index (χ3v) is 2.60. The number of hydrogen-bond acceptors (Lipinski definition) is 4. The summed E-state index contributed by atoms with van der Waals surface area (Å²) in [4.78, 5) is 22.7. The van der Waals surface area contributed by atoms with E-state index in [1.807, 2.05) is 6.92 Å². The van der Waals surface area contributed by atoms with Crippen molar-refractivity contribution in [2.75, 3.05) is 0 Å². The van der Waals surface area contributed by atoms with Crippen molar-refractivity contribution in [2.45, 2.75) is 6.92 Å². The van der Waals surface area contributed by atoms with Gasteiger partial charge in [0.15, 0.2) is 0 Å². The van der Waals surface area contributed by atoms with Gasteiger partial charge in [0.05, 0.1) is 11.5 Å². The minimum absolute atomic E-state index is 0. The molecule has 0 aromatic heterocycles. The van der Waals surface area contributed by atoms with E-state index in [0.29, 0.717) is 5.56 Å². The Bertz CT molecular complexity index is 620. The molecule has 0 atom stereocenters. The summed E-state index contributed by atoms with van der Waals surface area (Å²) in [6.07, 6.45) is 0. The maximum absolute atomic E-state index is 11.9. The molecular formula is C15H11KO4. The summed E-state index contributed by atoms with van der Waals surface area (Å²) in [6.45, 7) is 1.90. The van der Waals surface area contributed by atoms with Gasteiger partial charge in [-0.05, 0) is 31.2 Å². The number of carboxylic acid groups (broad SMARTS) is 1. The summed E-state index contributed by atoms with van der Waals surface area (Å²) in [5, 5.41) is 10.9. The van der Waals surface area contributed by atoms with E-state index in [4.69, 9.17) is 4.74 Å². The van der Waals surface area contributed by atoms with Crippen LogP contribution in [0.15, 0.2) is 48.5 Å². The number of aryl methyl sites for hydroxylation is 1. The molecule has 96 valence electrons. The van der Waals surface area contributed by atoms with Crippen LogP contribution in [0.25, 0.3) is 0 Å². The second-order valence-electron chi connectivity index (χ2n) is 4.04. The van der Waals surface area contributed by atoms with E-state index in [0.717, 1.165) is 5.56 Å². The Morgan fingerprint density at radius 1 is 1.00 bits per heavy atom. The Morgan fingerprint density at radius 2 is 1.60 bits per heavy atom. The third-order valence-electron chi connectivity index (χ3n) is 2.60. The van der Waals surface area contributed by atoms with Crippen molar-refractivity contribution in [1.29, 1.82) is 0 Å². The van der Waals surface area contributed by atoms with Crippen molar-refractivity contribution in [3.05, 3.63) is 65.2 Å². The molecular weight excluding hydrogens is 283 g/mol. The number of benzene rings is 2. The molecule has 0 amide bonds. The first-order valence-electron chi connectivity index (χ1n) is 5.67. The number of aromatic carboxylic acids is 1. The van der Waals surface area contributed by atoms with Gasteiger partial charge in [0.2, 0.25) is 0 Å². The quantitative estimate of drug-likeness (QED) is 0.396. The third kappa shape index (κ3) is 4.26. The van der Waals surface area contributed by atoms with Crippen molar-refractivity contribution < 1.29 is 70.8 Å². The van der Waals surface area contributed by atoms with Crippen LogP contribution in [0.4, 0.5) is 0 Å². The Morgan fingerprint density at radius 3 is 2.20 bits per heavy atom. The van der Waals surface area contributed by atoms with Gasteiger partial charge >= 0.3 is 57.4 Å². The largest absolute Gasteiger partial charge is 1.00 e. The fourth-order valence-corrected chi connectivity index (χ4v) is 1.57. The molecule has 4 nitrogen and oxygen atoms in total. The molecule has 0 fully saturated rings. The molecule has 0 aliphatic heterocycles. The van der Waals surface area contributed by atoms with Gasteiger partial charge in [-0.2, -0.15) is 0 Å². The monoisotopic (exact) mass is 294 g/mol. The van der Waals surface area contributed by atoms with Crippen LogP contribution in [-0.4, -0.2) is 11.9 Å². The van der Waals surface area contributed by atoms with Gasteiger partial charge in [0.25, 0.3) is 0 Å². The second-order valence-corrected chi connectivity index (χ2v) is 4.04. The molecule has 0 saturated carbocycles. The van der Waals surface area contributed by atoms with Crippen LogP contribution in [0.2, 0.25) is 0 Å². The predicted octanol–water partition coefficient (Wildman–Crippen LogP) is -1.42. The molecule has 0 N–H and O–H groups in total. The molecule has 20 heavy (non-hydrogen) atoms. The normalized spacial score (nSPS) is 9.45. The number of esters is 1. The standard InChI is InChI=1S/C15H12O4.K/c1-10-6-8-11(9-7-10)15(18)19-13-5-3-2-4-12(13)14(16)17;/h2-9H,1H3,(H,16,17);/q;+1/p-1. The molecule has 0 aliphatic carbocycles. The van der Waals surface area contributed by atoms with Gasteiger partial charge in [0, 0.05) is 5.56 Å². The van der Waals surface area contributed by atoms with Crippen molar-refractivity contribution in [3.8, 4) is 5.75 Å². The molecule has 0 spiro atoms. The molecule has 2 aromatic carbocycles. The van der Waals surface area contributed by atoms with Crippen LogP contribution >= 0.6 is 0 Å². The van der Waals surface area contributed by atoms with Gasteiger partial charge in [-0.25, -0.2) is 4.79 Å². The van der Waals surface area contributed by atoms with E-state index in [1.165, 1.54) is 18.2 Å². The maximum Gasteiger partial charge on any atom is 1.00 e. The van der Waals surface area contributed by atoms with Gasteiger partial charge in [0.1, 0.15) is 5.75 Å². The average Bonchev–Trinajstić information content (AvgIpc) is 2.39. The molecule has 0 aliphatic rings. The van der Waals surface area contributed by atoms with E-state index >= 15 is 0 Å². The van der Waals surface area contributed by atoms with Crippen molar-refractivity contribution in [3.63, 3.8) is 0 Å². The first-order valence-corrected chi connectivity index (χ1v) is 5.67. The molecule has 0 heterocycles. The number of carbonyl (C=O) groups is 2. The summed E-state index contributed by atoms with van der Waals surface area (Å²) < 4.78 is 5.07. The number of carbonyl (C=O) groups excluding carboxylic acids is 2. The topological polar surface area (TPSA) is 66.4 Å². The van der Waals surface area contributed by atoms with Gasteiger partial charge < -0.3 is 14.6 Å². The van der Waals surface area contributed by atoms with Crippen LogP contribution in [0, 0.1) is 6.92 Å². The van der Waals surface area contributed by atoms with Crippen molar-refractivity contribution in [2.24, 2.45) is 0 Å². The van der Waals surface area contributed by atoms with Gasteiger partial charge in [-0.3, -0.25) is 0 Å². The van der Waals surface area contributed by atoms with Crippen LogP contribution in [0.3, 0.4) is 0 Å². The zero-order valence-electron chi connectivity index (χ0n) is 11.3. The Hall–Kier alpha value is -0.984. The molecule has 2 aromatic rings. The zero-order valence-corrected chi connectivity index (χ0v) is 14.4. The molecule has 0 radical (unpaired) electrons. The van der Waals surface area contributed by atoms with Gasteiger partial charge in [-0.1, -0.05) is 29.8 Å². The van der Waals surface area contributed by atoms with Crippen molar-refractivity contribution >= 4 is 11.9 Å². The van der Waals surface area contributed by atoms with Crippen LogP contribution < -0.4 is 61.2 Å². The van der Waals surface area contributed by atoms with Crippen LogP contribution in [0.1, 0.15) is 26.3 Å². The Balaban J connectivity index is 0.00000200. The smallest absolute Gasteiger partial charge is 0.545 e. The summed E-state index contributed by atoms with van der Waals surface area (Å²) in [5.41, 5.74) is 1.23. The second kappa shape index (κ2) is 7.71. The summed E-state index contributed by atoms with van der Waals surface area (Å²) in [6, 6.07) is 12.7. The summed E-state index contributed by atoms with van der Waals surface area (Å²) >= 11 is 0. The molecule has 0 bridgehead atoms. The zero-order chi connectivity index (χ0) is 13.8. The van der Waals surface area contributed by atoms with Crippen LogP contribution in [-0.2, 0) is 0 Å². The average molecular weight is 294 g/mol. The molecule has 0 unspecified atom stereocenters. The fourth-order valence-electron chi connectivity index (χ4n) is 1.57. The first-order chi connectivity index (χ1) is 9.08. The molecule has 2 rings (SSSR count). The maximum atomic E-state index is 11.9. The SMILES string of the molecule is Cc1ccc(C(=O)Oc2ccccc2C(=O)[O-])cc1.[K+]. The molecule has 0 saturated heterocycles. The van der Waals surface area contributed by atoms with E-state index in [9.17, 15) is 14.7 Å². The summed E-state index contributed by atoms with van der Waals surface area (Å²) in [7, 11) is 0. The van der Waals surface area contributed by atoms with E-state index in [2.05, 4.69) is 0 Å². The number of rotatable bonds is 3. The van der Waals surface area contributed by atoms with E-state index in [1.54, 1.807) is 30.3 Å². The van der Waals surface area contributed by atoms with Gasteiger partial charge in [-0.15, -0.1) is 0 Å². The molecule has 5 heteroatoms. The predicted molar refractivity (Wildman–Crippen MR) is 66.9 cm³/mol. The van der Waals surface area contributed by atoms with E-state index < -0.39 is 11.9 Å².